The Hall–Kier alpha value is -2.87. The summed E-state index contributed by atoms with van der Waals surface area (Å²) in [5, 5.41) is 2.65. The molecule has 2 amide bonds. The lowest BCUT2D eigenvalue weighted by molar-refractivity contribution is -0.127. The highest BCUT2D eigenvalue weighted by atomic mass is 32.2. The van der Waals surface area contributed by atoms with E-state index in [1.807, 2.05) is 6.92 Å². The molecule has 1 heterocycles. The Balaban J connectivity index is 1.62. The fourth-order valence-electron chi connectivity index (χ4n) is 2.63. The number of anilines is 1. The summed E-state index contributed by atoms with van der Waals surface area (Å²) in [6.07, 6.45) is 0.0171. The largest absolute Gasteiger partial charge is 0.494 e. The second kappa shape index (κ2) is 8.88. The van der Waals surface area contributed by atoms with Crippen molar-refractivity contribution in [1.29, 1.82) is 0 Å². The number of nitrogens with one attached hydrogen (secondary N) is 1. The molecule has 2 aromatic rings. The number of ether oxygens (including phenoxy) is 1. The molecule has 1 saturated heterocycles. The summed E-state index contributed by atoms with van der Waals surface area (Å²) in [6, 6.07) is 12.9. The summed E-state index contributed by atoms with van der Waals surface area (Å²) < 4.78 is 18.7. The van der Waals surface area contributed by atoms with Crippen molar-refractivity contribution >= 4 is 40.1 Å². The molecule has 1 aliphatic rings. The van der Waals surface area contributed by atoms with E-state index in [-0.39, 0.29) is 18.2 Å². The Morgan fingerprint density at radius 1 is 1.29 bits per heavy atom. The lowest BCUT2D eigenvalue weighted by Gasteiger charge is -2.10. The van der Waals surface area contributed by atoms with E-state index in [9.17, 15) is 14.0 Å². The molecule has 1 atom stereocenters. The van der Waals surface area contributed by atoms with Crippen LogP contribution in [0.4, 0.5) is 15.8 Å². The predicted octanol–water partition coefficient (Wildman–Crippen LogP) is 3.81. The number of hydrogen-bond acceptors (Lipinski definition) is 5. The number of aliphatic imine (C=N–C) groups is 1. The molecule has 0 aromatic heterocycles. The quantitative estimate of drug-likeness (QED) is 0.799. The van der Waals surface area contributed by atoms with Gasteiger partial charge in [0, 0.05) is 19.2 Å². The average Bonchev–Trinajstić information content (AvgIpc) is 2.91. The van der Waals surface area contributed by atoms with E-state index in [2.05, 4.69) is 10.3 Å². The highest BCUT2D eigenvalue weighted by Gasteiger charge is 2.37. The maximum Gasteiger partial charge on any atom is 0.242 e. The zero-order valence-electron chi connectivity index (χ0n) is 15.5. The molecule has 1 fully saturated rings. The van der Waals surface area contributed by atoms with Crippen LogP contribution in [0.1, 0.15) is 13.3 Å². The van der Waals surface area contributed by atoms with E-state index in [0.717, 1.165) is 5.75 Å². The van der Waals surface area contributed by atoms with E-state index >= 15 is 0 Å². The van der Waals surface area contributed by atoms with Crippen LogP contribution in [0.25, 0.3) is 0 Å². The number of carbonyl (C=O) groups excluding carboxylic acids is 2. The number of amides is 2. The van der Waals surface area contributed by atoms with Crippen molar-refractivity contribution in [3.8, 4) is 5.75 Å². The van der Waals surface area contributed by atoms with Gasteiger partial charge in [0.05, 0.1) is 12.3 Å². The van der Waals surface area contributed by atoms with Gasteiger partial charge in [-0.25, -0.2) is 9.38 Å². The first-order chi connectivity index (χ1) is 13.5. The molecule has 146 valence electrons. The summed E-state index contributed by atoms with van der Waals surface area (Å²) in [6.45, 7) is 2.47. The summed E-state index contributed by atoms with van der Waals surface area (Å²) >= 11 is 1.20. The van der Waals surface area contributed by atoms with Gasteiger partial charge in [-0.1, -0.05) is 17.8 Å². The number of benzene rings is 2. The van der Waals surface area contributed by atoms with Gasteiger partial charge in [-0.3, -0.25) is 14.5 Å². The van der Waals surface area contributed by atoms with Crippen molar-refractivity contribution < 1.29 is 18.7 Å². The molecule has 2 aromatic carbocycles. The maximum atomic E-state index is 13.3. The third kappa shape index (κ3) is 4.89. The van der Waals surface area contributed by atoms with Gasteiger partial charge < -0.3 is 10.1 Å². The molecule has 0 radical (unpaired) electrons. The van der Waals surface area contributed by atoms with Gasteiger partial charge in [0.1, 0.15) is 16.8 Å². The summed E-state index contributed by atoms with van der Waals surface area (Å²) in [5.74, 6) is -0.149. The first-order valence-corrected chi connectivity index (χ1v) is 9.65. The standard InChI is InChI=1S/C20H20FN3O3S/c1-3-27-16-9-7-14(8-10-16)22-18(25)12-17-19(26)24(2)20(28-17)23-15-6-4-5-13(21)11-15/h4-11,17H,3,12H2,1-2H3,(H,22,25)/t17-/m0/s1. The molecular weight excluding hydrogens is 381 g/mol. The first kappa shape index (κ1) is 19.9. The Kier molecular flexibility index (Phi) is 6.30. The van der Waals surface area contributed by atoms with Crippen LogP contribution in [0.2, 0.25) is 0 Å². The Bertz CT molecular complexity index is 902. The normalized spacial score (nSPS) is 17.8. The zero-order valence-corrected chi connectivity index (χ0v) is 16.3. The molecule has 0 bridgehead atoms. The Morgan fingerprint density at radius 3 is 2.71 bits per heavy atom. The maximum absolute atomic E-state index is 13.3. The second-order valence-electron chi connectivity index (χ2n) is 6.09. The first-order valence-electron chi connectivity index (χ1n) is 8.77. The van der Waals surface area contributed by atoms with Crippen molar-refractivity contribution in [2.45, 2.75) is 18.6 Å². The fourth-order valence-corrected chi connectivity index (χ4v) is 3.79. The van der Waals surface area contributed by atoms with Crippen LogP contribution in [0.15, 0.2) is 53.5 Å². The molecule has 0 unspecified atom stereocenters. The van der Waals surface area contributed by atoms with Crippen LogP contribution < -0.4 is 10.1 Å². The van der Waals surface area contributed by atoms with Crippen LogP contribution in [-0.4, -0.2) is 40.8 Å². The number of rotatable bonds is 6. The van der Waals surface area contributed by atoms with Crippen molar-refractivity contribution in [2.75, 3.05) is 19.0 Å². The van der Waals surface area contributed by atoms with Crippen LogP contribution in [0.5, 0.6) is 5.75 Å². The smallest absolute Gasteiger partial charge is 0.242 e. The van der Waals surface area contributed by atoms with Gasteiger partial charge in [-0.2, -0.15) is 0 Å². The average molecular weight is 401 g/mol. The van der Waals surface area contributed by atoms with E-state index in [4.69, 9.17) is 4.74 Å². The van der Waals surface area contributed by atoms with Gasteiger partial charge >= 0.3 is 0 Å². The van der Waals surface area contributed by atoms with E-state index in [0.29, 0.717) is 23.1 Å². The van der Waals surface area contributed by atoms with Gasteiger partial charge in [0.2, 0.25) is 11.8 Å². The molecule has 0 saturated carbocycles. The number of carbonyl (C=O) groups is 2. The molecular formula is C20H20FN3O3S. The molecule has 8 heteroatoms. The molecule has 28 heavy (non-hydrogen) atoms. The molecule has 1 aliphatic heterocycles. The topological polar surface area (TPSA) is 71.0 Å². The second-order valence-corrected chi connectivity index (χ2v) is 7.26. The van der Waals surface area contributed by atoms with E-state index in [1.165, 1.54) is 28.8 Å². The van der Waals surface area contributed by atoms with Crippen molar-refractivity contribution in [3.05, 3.63) is 54.3 Å². The van der Waals surface area contributed by atoms with E-state index in [1.54, 1.807) is 43.4 Å². The number of hydrogen-bond donors (Lipinski definition) is 1. The van der Waals surface area contributed by atoms with E-state index < -0.39 is 11.1 Å². The molecule has 0 aliphatic carbocycles. The van der Waals surface area contributed by atoms with Crippen LogP contribution in [0.3, 0.4) is 0 Å². The number of thioether (sulfide) groups is 1. The number of nitrogens with zero attached hydrogens (tertiary/aromatic N) is 2. The monoisotopic (exact) mass is 401 g/mol. The minimum atomic E-state index is -0.569. The molecule has 3 rings (SSSR count). The summed E-state index contributed by atoms with van der Waals surface area (Å²) in [4.78, 5) is 30.5. The zero-order chi connectivity index (χ0) is 20.1. The SMILES string of the molecule is CCOc1ccc(NC(=O)C[C@@H]2SC(=Nc3cccc(F)c3)N(C)C2=O)cc1. The predicted molar refractivity (Wildman–Crippen MR) is 109 cm³/mol. The summed E-state index contributed by atoms with van der Waals surface area (Å²) in [5.41, 5.74) is 1.05. The van der Waals surface area contributed by atoms with Crippen LogP contribution >= 0.6 is 11.8 Å². The van der Waals surface area contributed by atoms with Crippen LogP contribution in [0, 0.1) is 5.82 Å². The highest BCUT2D eigenvalue weighted by Crippen LogP contribution is 2.31. The van der Waals surface area contributed by atoms with Crippen molar-refractivity contribution in [1.82, 2.24) is 4.90 Å². The van der Waals surface area contributed by atoms with Crippen LogP contribution in [-0.2, 0) is 9.59 Å². The minimum absolute atomic E-state index is 0.0171. The lowest BCUT2D eigenvalue weighted by Crippen LogP contribution is -2.30. The van der Waals surface area contributed by atoms with Crippen molar-refractivity contribution in [3.63, 3.8) is 0 Å². The Labute approximate surface area is 166 Å². The molecule has 6 nitrogen and oxygen atoms in total. The Morgan fingerprint density at radius 2 is 2.04 bits per heavy atom. The highest BCUT2D eigenvalue weighted by molar-refractivity contribution is 8.15. The molecule has 0 spiro atoms. The third-order valence-electron chi connectivity index (χ3n) is 3.99. The van der Waals surface area contributed by atoms with Crippen molar-refractivity contribution in [2.24, 2.45) is 4.99 Å². The van der Waals surface area contributed by atoms with Gasteiger partial charge in [-0.15, -0.1) is 0 Å². The number of amidine groups is 1. The van der Waals surface area contributed by atoms with Gasteiger partial charge in [0.25, 0.3) is 0 Å². The lowest BCUT2D eigenvalue weighted by atomic mass is 10.2. The number of halogens is 1. The fraction of sp³-hybridized carbons (Fsp3) is 0.250. The third-order valence-corrected chi connectivity index (χ3v) is 5.22. The molecule has 1 N–H and O–H groups in total. The van der Waals surface area contributed by atoms with Gasteiger partial charge in [0.15, 0.2) is 5.17 Å². The summed E-state index contributed by atoms with van der Waals surface area (Å²) in [7, 11) is 1.60. The minimum Gasteiger partial charge on any atom is -0.494 e. The van der Waals surface area contributed by atoms with Gasteiger partial charge in [-0.05, 0) is 49.4 Å².